The van der Waals surface area contributed by atoms with E-state index in [0.717, 1.165) is 5.56 Å². The van der Waals surface area contributed by atoms with Crippen molar-refractivity contribution in [1.29, 1.82) is 0 Å². The van der Waals surface area contributed by atoms with Crippen LogP contribution in [0.5, 0.6) is 0 Å². The van der Waals surface area contributed by atoms with Crippen molar-refractivity contribution in [3.63, 3.8) is 0 Å². The van der Waals surface area contributed by atoms with Crippen molar-refractivity contribution in [2.75, 3.05) is 18.2 Å². The highest BCUT2D eigenvalue weighted by atomic mass is 35.5. The number of nitrogens with one attached hydrogen (secondary N) is 1. The van der Waals surface area contributed by atoms with Gasteiger partial charge in [-0.25, -0.2) is 14.4 Å². The Morgan fingerprint density at radius 1 is 1.30 bits per heavy atom. The van der Waals surface area contributed by atoms with Crippen LogP contribution in [0.3, 0.4) is 0 Å². The van der Waals surface area contributed by atoms with E-state index in [1.165, 1.54) is 12.1 Å². The van der Waals surface area contributed by atoms with E-state index in [1.54, 1.807) is 19.2 Å². The van der Waals surface area contributed by atoms with E-state index in [-0.39, 0.29) is 23.3 Å². The minimum absolute atomic E-state index is 0.175. The fourth-order valence-corrected chi connectivity index (χ4v) is 1.79. The van der Waals surface area contributed by atoms with E-state index < -0.39 is 0 Å². The van der Waals surface area contributed by atoms with Crippen molar-refractivity contribution in [2.24, 2.45) is 0 Å². The molecule has 0 unspecified atom stereocenters. The normalized spacial score (nSPS) is 10.6. The van der Waals surface area contributed by atoms with Crippen molar-refractivity contribution in [2.45, 2.75) is 13.2 Å². The lowest BCUT2D eigenvalue weighted by atomic mass is 10.2. The average Bonchev–Trinajstić information content (AvgIpc) is 2.43. The summed E-state index contributed by atoms with van der Waals surface area (Å²) >= 11 is 5.94. The van der Waals surface area contributed by atoms with E-state index in [4.69, 9.17) is 22.1 Å². The molecule has 0 aliphatic carbocycles. The van der Waals surface area contributed by atoms with Crippen LogP contribution in [-0.4, -0.2) is 17.1 Å². The predicted octanol–water partition coefficient (Wildman–Crippen LogP) is 2.61. The Morgan fingerprint density at radius 3 is 2.65 bits per heavy atom. The number of nitrogens with zero attached hydrogens (tertiary/aromatic N) is 2. The van der Waals surface area contributed by atoms with Crippen LogP contribution in [0.15, 0.2) is 24.3 Å². The molecule has 0 aliphatic rings. The minimum Gasteiger partial charge on any atom is -0.393 e. The van der Waals surface area contributed by atoms with Crippen LogP contribution in [0.4, 0.5) is 15.9 Å². The monoisotopic (exact) mass is 296 g/mol. The number of anilines is 2. The number of halogens is 2. The van der Waals surface area contributed by atoms with Crippen LogP contribution in [0.2, 0.25) is 5.15 Å². The zero-order chi connectivity index (χ0) is 14.5. The third-order valence-corrected chi connectivity index (χ3v) is 2.88. The number of rotatable bonds is 5. The molecule has 1 aromatic heterocycles. The molecule has 0 radical (unpaired) electrons. The molecule has 0 atom stereocenters. The summed E-state index contributed by atoms with van der Waals surface area (Å²) in [5, 5.41) is 3.22. The van der Waals surface area contributed by atoms with Gasteiger partial charge in [0.1, 0.15) is 18.1 Å². The van der Waals surface area contributed by atoms with Crippen molar-refractivity contribution < 1.29 is 9.13 Å². The number of aromatic nitrogens is 2. The van der Waals surface area contributed by atoms with Gasteiger partial charge in [0.15, 0.2) is 16.8 Å². The first-order valence-electron chi connectivity index (χ1n) is 5.89. The maximum Gasteiger partial charge on any atom is 0.158 e. The van der Waals surface area contributed by atoms with Crippen LogP contribution in [0, 0.1) is 5.82 Å². The van der Waals surface area contributed by atoms with Crippen molar-refractivity contribution in [3.8, 4) is 0 Å². The standard InChI is InChI=1S/C13H14ClFN4O/c1-20-7-10-18-12(14)11(16)13(19-10)17-6-8-2-4-9(15)5-3-8/h2-5H,6-7,16H2,1H3,(H,17,18,19). The molecule has 0 amide bonds. The third kappa shape index (κ3) is 3.55. The summed E-state index contributed by atoms with van der Waals surface area (Å²) in [6.45, 7) is 0.690. The van der Waals surface area contributed by atoms with Gasteiger partial charge in [0.05, 0.1) is 0 Å². The molecule has 5 nitrogen and oxygen atoms in total. The Balaban J connectivity index is 2.13. The largest absolute Gasteiger partial charge is 0.393 e. The molecule has 1 heterocycles. The van der Waals surface area contributed by atoms with Gasteiger partial charge in [-0.05, 0) is 17.7 Å². The van der Waals surface area contributed by atoms with Crippen molar-refractivity contribution in [1.82, 2.24) is 9.97 Å². The number of methoxy groups -OCH3 is 1. The number of ether oxygens (including phenoxy) is 1. The van der Waals surface area contributed by atoms with Crippen LogP contribution in [0.1, 0.15) is 11.4 Å². The van der Waals surface area contributed by atoms with Gasteiger partial charge < -0.3 is 15.8 Å². The Hall–Kier alpha value is -1.92. The molecule has 2 aromatic rings. The van der Waals surface area contributed by atoms with E-state index in [0.29, 0.717) is 18.2 Å². The average molecular weight is 297 g/mol. The first-order chi connectivity index (χ1) is 9.60. The van der Waals surface area contributed by atoms with Gasteiger partial charge in [-0.1, -0.05) is 23.7 Å². The van der Waals surface area contributed by atoms with E-state index in [2.05, 4.69) is 15.3 Å². The van der Waals surface area contributed by atoms with Crippen LogP contribution in [-0.2, 0) is 17.9 Å². The second-order valence-corrected chi connectivity index (χ2v) is 4.46. The van der Waals surface area contributed by atoms with Gasteiger partial charge in [-0.15, -0.1) is 0 Å². The van der Waals surface area contributed by atoms with Gasteiger partial charge >= 0.3 is 0 Å². The zero-order valence-electron chi connectivity index (χ0n) is 10.9. The number of nitrogens with two attached hydrogens (primary N) is 1. The summed E-state index contributed by atoms with van der Waals surface area (Å²) in [5.74, 6) is 0.593. The smallest absolute Gasteiger partial charge is 0.158 e. The molecule has 0 spiro atoms. The number of nitrogen functional groups attached to an aromatic ring is 1. The first-order valence-corrected chi connectivity index (χ1v) is 6.27. The van der Waals surface area contributed by atoms with Crippen molar-refractivity contribution >= 4 is 23.1 Å². The molecule has 0 saturated heterocycles. The number of benzene rings is 1. The maximum absolute atomic E-state index is 12.8. The summed E-state index contributed by atoms with van der Waals surface area (Å²) in [6, 6.07) is 6.14. The second kappa shape index (κ2) is 6.49. The lowest BCUT2D eigenvalue weighted by molar-refractivity contribution is 0.178. The fourth-order valence-electron chi connectivity index (χ4n) is 1.60. The van der Waals surface area contributed by atoms with Gasteiger partial charge in [-0.2, -0.15) is 0 Å². The van der Waals surface area contributed by atoms with E-state index in [9.17, 15) is 4.39 Å². The molecule has 1 aromatic carbocycles. The Bertz CT molecular complexity index is 592. The molecular formula is C13H14ClFN4O. The molecule has 20 heavy (non-hydrogen) atoms. The lowest BCUT2D eigenvalue weighted by Gasteiger charge is -2.11. The van der Waals surface area contributed by atoms with Gasteiger partial charge in [0.2, 0.25) is 0 Å². The fraction of sp³-hybridized carbons (Fsp3) is 0.231. The van der Waals surface area contributed by atoms with Gasteiger partial charge in [-0.3, -0.25) is 0 Å². The molecule has 3 N–H and O–H groups in total. The van der Waals surface area contributed by atoms with Gasteiger partial charge in [0.25, 0.3) is 0 Å². The van der Waals surface area contributed by atoms with E-state index >= 15 is 0 Å². The highest BCUT2D eigenvalue weighted by molar-refractivity contribution is 6.32. The molecule has 106 valence electrons. The predicted molar refractivity (Wildman–Crippen MR) is 75.9 cm³/mol. The van der Waals surface area contributed by atoms with E-state index in [1.807, 2.05) is 0 Å². The Kier molecular flexibility index (Phi) is 4.70. The van der Waals surface area contributed by atoms with Gasteiger partial charge in [0, 0.05) is 13.7 Å². The molecule has 0 aliphatic heterocycles. The SMILES string of the molecule is COCc1nc(Cl)c(N)c(NCc2ccc(F)cc2)n1. The summed E-state index contributed by atoms with van der Waals surface area (Å²) in [7, 11) is 1.54. The number of hydrogen-bond donors (Lipinski definition) is 2. The van der Waals surface area contributed by atoms with Crippen LogP contribution >= 0.6 is 11.6 Å². The number of hydrogen-bond acceptors (Lipinski definition) is 5. The summed E-state index contributed by atoms with van der Waals surface area (Å²) in [5.41, 5.74) is 6.98. The quantitative estimate of drug-likeness (QED) is 0.830. The first kappa shape index (κ1) is 14.5. The minimum atomic E-state index is -0.277. The highest BCUT2D eigenvalue weighted by Gasteiger charge is 2.10. The molecule has 0 fully saturated rings. The summed E-state index contributed by atoms with van der Waals surface area (Å²) < 4.78 is 17.8. The van der Waals surface area contributed by atoms with Crippen LogP contribution in [0.25, 0.3) is 0 Å². The third-order valence-electron chi connectivity index (χ3n) is 2.59. The molecule has 0 bridgehead atoms. The Morgan fingerprint density at radius 2 is 2.00 bits per heavy atom. The molecular weight excluding hydrogens is 283 g/mol. The maximum atomic E-state index is 12.8. The summed E-state index contributed by atoms with van der Waals surface area (Å²) in [4.78, 5) is 8.23. The second-order valence-electron chi connectivity index (χ2n) is 4.11. The molecule has 0 saturated carbocycles. The Labute approximate surface area is 120 Å². The van der Waals surface area contributed by atoms with Crippen LogP contribution < -0.4 is 11.1 Å². The highest BCUT2D eigenvalue weighted by Crippen LogP contribution is 2.24. The molecule has 2 rings (SSSR count). The molecule has 7 heteroatoms. The lowest BCUT2D eigenvalue weighted by Crippen LogP contribution is -2.09. The zero-order valence-corrected chi connectivity index (χ0v) is 11.6. The van der Waals surface area contributed by atoms with Crippen molar-refractivity contribution in [3.05, 3.63) is 46.6 Å². The topological polar surface area (TPSA) is 73.1 Å². The summed E-state index contributed by atoms with van der Waals surface area (Å²) in [6.07, 6.45) is 0.